The molecule has 5 aliphatic carbocycles. The van der Waals surface area contributed by atoms with Crippen LogP contribution in [0.4, 0.5) is 0 Å². The lowest BCUT2D eigenvalue weighted by molar-refractivity contribution is -0.275. The van der Waals surface area contributed by atoms with Gasteiger partial charge in [-0.1, -0.05) is 46.8 Å². The maximum Gasteiger partial charge on any atom is 0.303 e. The highest BCUT2D eigenvalue weighted by Gasteiger charge is 2.71. The van der Waals surface area contributed by atoms with Crippen molar-refractivity contribution in [2.45, 2.75) is 171 Å². The van der Waals surface area contributed by atoms with Gasteiger partial charge in [-0.2, -0.15) is 0 Å². The van der Waals surface area contributed by atoms with Gasteiger partial charge in [-0.05, 0) is 129 Å². The fraction of sp³-hybridized carbons (Fsp3) is 0.881. The normalized spacial score (nSPS) is 47.8. The first kappa shape index (κ1) is 37.8. The minimum Gasteiger partial charge on any atom is -0.462 e. The van der Waals surface area contributed by atoms with Crippen LogP contribution in [0.1, 0.15) is 140 Å². The Labute approximate surface area is 301 Å². The van der Waals surface area contributed by atoms with E-state index in [1.165, 1.54) is 51.5 Å². The topological polar surface area (TPSA) is 97.4 Å². The maximum atomic E-state index is 12.1. The molecule has 8 nitrogen and oxygen atoms in total. The van der Waals surface area contributed by atoms with E-state index >= 15 is 0 Å². The lowest BCUT2D eigenvalue weighted by Crippen LogP contribution is -2.67. The van der Waals surface area contributed by atoms with Crippen LogP contribution in [0.2, 0.25) is 0 Å². The number of hydrogen-bond acceptors (Lipinski definition) is 8. The molecule has 282 valence electrons. The van der Waals surface area contributed by atoms with Crippen LogP contribution in [0, 0.1) is 56.7 Å². The summed E-state index contributed by atoms with van der Waals surface area (Å²) in [4.78, 5) is 35.9. The van der Waals surface area contributed by atoms with Crippen molar-refractivity contribution in [3.8, 4) is 0 Å². The van der Waals surface area contributed by atoms with Gasteiger partial charge in [0.2, 0.25) is 0 Å². The zero-order chi connectivity index (χ0) is 36.6. The number of carbonyl (C=O) groups excluding carboxylic acids is 3. The molecule has 6 rings (SSSR count). The van der Waals surface area contributed by atoms with Crippen LogP contribution in [0.25, 0.3) is 0 Å². The Morgan fingerprint density at radius 1 is 0.740 bits per heavy atom. The molecular formula is C42H66O8. The Morgan fingerprint density at radius 3 is 2.06 bits per heavy atom. The van der Waals surface area contributed by atoms with Crippen LogP contribution in [0.5, 0.6) is 0 Å². The third-order valence-corrected chi connectivity index (χ3v) is 16.3. The first-order valence-electron chi connectivity index (χ1n) is 19.7. The molecule has 0 spiro atoms. The Morgan fingerprint density at radius 2 is 1.42 bits per heavy atom. The van der Waals surface area contributed by atoms with Crippen molar-refractivity contribution in [2.24, 2.45) is 56.7 Å². The van der Waals surface area contributed by atoms with Crippen LogP contribution >= 0.6 is 0 Å². The SMILES string of the molecule is C=C(C)[C@@H]1CC[C@]2(CO[C@H]3C[C@H](OC(C)=O)[C@@H](OC(C)=O)[C@H](C)O3)CC[C@]3(C)[C@H](CC[C@@H]4[C@@]5(C)CC[C@H](OC(C)=O)C(C)(C)[C@@H]5CC[C@]43C)[C@@H]12. The van der Waals surface area contributed by atoms with Gasteiger partial charge >= 0.3 is 17.9 Å². The molecule has 1 heterocycles. The second kappa shape index (κ2) is 13.2. The predicted molar refractivity (Wildman–Crippen MR) is 191 cm³/mol. The highest BCUT2D eigenvalue weighted by Crippen LogP contribution is 2.77. The molecule has 0 aromatic rings. The summed E-state index contributed by atoms with van der Waals surface area (Å²) in [5.74, 6) is 1.75. The van der Waals surface area contributed by atoms with E-state index in [0.29, 0.717) is 42.6 Å². The zero-order valence-electron chi connectivity index (χ0n) is 32.7. The maximum absolute atomic E-state index is 12.1. The molecule has 6 aliphatic rings. The lowest BCUT2D eigenvalue weighted by Gasteiger charge is -2.73. The summed E-state index contributed by atoms with van der Waals surface area (Å²) in [6, 6.07) is 0. The average molecular weight is 699 g/mol. The number of carbonyl (C=O) groups is 3. The fourth-order valence-electron chi connectivity index (χ4n) is 14.0. The second-order valence-corrected chi connectivity index (χ2v) is 19.0. The summed E-state index contributed by atoms with van der Waals surface area (Å²) >= 11 is 0. The molecule has 0 radical (unpaired) electrons. The molecular weight excluding hydrogens is 632 g/mol. The number of fused-ring (bicyclic) bond motifs is 7. The highest BCUT2D eigenvalue weighted by atomic mass is 16.7. The largest absolute Gasteiger partial charge is 0.462 e. The Bertz CT molecular complexity index is 1360. The van der Waals surface area contributed by atoms with E-state index in [2.05, 4.69) is 48.1 Å². The van der Waals surface area contributed by atoms with Crippen molar-refractivity contribution in [1.29, 1.82) is 0 Å². The fourth-order valence-corrected chi connectivity index (χ4v) is 14.0. The average Bonchev–Trinajstić information content (AvgIpc) is 3.39. The highest BCUT2D eigenvalue weighted by molar-refractivity contribution is 5.67. The monoisotopic (exact) mass is 698 g/mol. The minimum absolute atomic E-state index is 0.00699. The van der Waals surface area contributed by atoms with Crippen molar-refractivity contribution >= 4 is 17.9 Å². The van der Waals surface area contributed by atoms with Gasteiger partial charge in [0.25, 0.3) is 0 Å². The number of ether oxygens (including phenoxy) is 5. The summed E-state index contributed by atoms with van der Waals surface area (Å²) in [6.07, 6.45) is 9.63. The Balaban J connectivity index is 1.24. The van der Waals surface area contributed by atoms with Gasteiger partial charge in [0.05, 0.1) is 12.7 Å². The first-order chi connectivity index (χ1) is 23.3. The van der Waals surface area contributed by atoms with Gasteiger partial charge in [-0.25, -0.2) is 0 Å². The first-order valence-corrected chi connectivity index (χ1v) is 19.7. The summed E-state index contributed by atoms with van der Waals surface area (Å²) in [7, 11) is 0. The van der Waals surface area contributed by atoms with Crippen LogP contribution in [-0.2, 0) is 38.1 Å². The lowest BCUT2D eigenvalue weighted by atomic mass is 9.32. The third kappa shape index (κ3) is 5.98. The molecule has 8 heteroatoms. The molecule has 1 aliphatic heterocycles. The summed E-state index contributed by atoms with van der Waals surface area (Å²) in [5.41, 5.74) is 1.96. The standard InChI is InChI=1S/C42H66O8/c1-24(2)29-14-19-42(23-46-35-22-31(48-26(4)43)37(25(3)47-35)50-28(6)45)21-20-40(10)30(36(29)42)12-13-33-39(9)17-16-34(49-27(5)44)38(7,8)32(39)15-18-41(33,40)11/h25,29-37H,1,12-23H2,2-11H3/t25-,29-,30+,31-,32-,33+,34-,35+,36+,37-,39-,40+,41+,42+/m0/s1. The van der Waals surface area contributed by atoms with Gasteiger partial charge in [0.15, 0.2) is 12.4 Å². The Kier molecular flexibility index (Phi) is 9.97. The Hall–Kier alpha value is -1.93. The van der Waals surface area contributed by atoms with Crippen molar-refractivity contribution < 1.29 is 38.1 Å². The molecule has 5 saturated carbocycles. The van der Waals surface area contributed by atoms with Gasteiger partial charge in [0.1, 0.15) is 12.2 Å². The summed E-state index contributed by atoms with van der Waals surface area (Å²) in [5, 5.41) is 0. The predicted octanol–water partition coefficient (Wildman–Crippen LogP) is 8.59. The molecule has 0 unspecified atom stereocenters. The van der Waals surface area contributed by atoms with Gasteiger partial charge in [0, 0.05) is 32.6 Å². The van der Waals surface area contributed by atoms with E-state index in [1.807, 2.05) is 6.92 Å². The summed E-state index contributed by atoms with van der Waals surface area (Å²) in [6.45, 7) is 26.2. The molecule has 0 bridgehead atoms. The van der Waals surface area contributed by atoms with Crippen LogP contribution in [0.3, 0.4) is 0 Å². The molecule has 0 aromatic heterocycles. The van der Waals surface area contributed by atoms with E-state index in [4.69, 9.17) is 23.7 Å². The van der Waals surface area contributed by atoms with Gasteiger partial charge in [-0.15, -0.1) is 0 Å². The van der Waals surface area contributed by atoms with Crippen molar-refractivity contribution in [2.75, 3.05) is 6.61 Å². The van der Waals surface area contributed by atoms with E-state index in [-0.39, 0.29) is 39.1 Å². The van der Waals surface area contributed by atoms with Crippen LogP contribution < -0.4 is 0 Å². The number of rotatable bonds is 7. The minimum atomic E-state index is -0.660. The zero-order valence-corrected chi connectivity index (χ0v) is 32.7. The van der Waals surface area contributed by atoms with Crippen molar-refractivity contribution in [1.82, 2.24) is 0 Å². The molecule has 50 heavy (non-hydrogen) atoms. The number of esters is 3. The van der Waals surface area contributed by atoms with Crippen molar-refractivity contribution in [3.63, 3.8) is 0 Å². The number of hydrogen-bond donors (Lipinski definition) is 0. The smallest absolute Gasteiger partial charge is 0.303 e. The van der Waals surface area contributed by atoms with E-state index < -0.39 is 36.5 Å². The van der Waals surface area contributed by atoms with Gasteiger partial charge in [-0.3, -0.25) is 14.4 Å². The van der Waals surface area contributed by atoms with Crippen molar-refractivity contribution in [3.05, 3.63) is 12.2 Å². The number of allylic oxidation sites excluding steroid dienone is 1. The van der Waals surface area contributed by atoms with E-state index in [0.717, 1.165) is 32.1 Å². The molecule has 14 atom stereocenters. The van der Waals surface area contributed by atoms with E-state index in [1.54, 1.807) is 6.92 Å². The summed E-state index contributed by atoms with van der Waals surface area (Å²) < 4.78 is 30.2. The molecule has 1 saturated heterocycles. The molecule has 0 amide bonds. The third-order valence-electron chi connectivity index (χ3n) is 16.3. The quantitative estimate of drug-likeness (QED) is 0.148. The van der Waals surface area contributed by atoms with Crippen LogP contribution in [-0.4, -0.2) is 55.2 Å². The second-order valence-electron chi connectivity index (χ2n) is 19.0. The molecule has 0 aromatic carbocycles. The molecule has 6 fully saturated rings. The van der Waals surface area contributed by atoms with Crippen LogP contribution in [0.15, 0.2) is 12.2 Å². The van der Waals surface area contributed by atoms with Gasteiger partial charge < -0.3 is 23.7 Å². The van der Waals surface area contributed by atoms with E-state index in [9.17, 15) is 14.4 Å². The molecule has 0 N–H and O–H groups in total.